The molecule has 0 radical (unpaired) electrons. The predicted molar refractivity (Wildman–Crippen MR) is 76.4 cm³/mol. The van der Waals surface area contributed by atoms with Crippen LogP contribution in [0.1, 0.15) is 72.6 Å². The minimum absolute atomic E-state index is 0.0739. The zero-order valence-electron chi connectivity index (χ0n) is 12.5. The van der Waals surface area contributed by atoms with Crippen LogP contribution in [0.3, 0.4) is 0 Å². The molecule has 0 aromatic heterocycles. The van der Waals surface area contributed by atoms with Crippen molar-refractivity contribution in [2.75, 3.05) is 0 Å². The molecule has 0 rings (SSSR count). The van der Waals surface area contributed by atoms with Crippen LogP contribution in [0.4, 0.5) is 0 Å². The summed E-state index contributed by atoms with van der Waals surface area (Å²) in [4.78, 5) is 10.8. The Balaban J connectivity index is 3.40. The van der Waals surface area contributed by atoms with E-state index in [4.69, 9.17) is 0 Å². The third kappa shape index (κ3) is 10.6. The van der Waals surface area contributed by atoms with Gasteiger partial charge in [-0.25, -0.2) is 0 Å². The fourth-order valence-corrected chi connectivity index (χ4v) is 2.10. The number of rotatable bonds is 10. The number of unbranched alkanes of at least 4 members (excludes halogenated alkanes) is 4. The van der Waals surface area contributed by atoms with Crippen molar-refractivity contribution < 1.29 is 9.90 Å². The van der Waals surface area contributed by atoms with Gasteiger partial charge in [0.2, 0.25) is 5.91 Å². The maximum atomic E-state index is 10.8. The van der Waals surface area contributed by atoms with Crippen molar-refractivity contribution in [1.29, 1.82) is 0 Å². The van der Waals surface area contributed by atoms with Crippen molar-refractivity contribution in [3.05, 3.63) is 0 Å². The van der Waals surface area contributed by atoms with Gasteiger partial charge in [0.15, 0.2) is 0 Å². The first-order valence-electron chi connectivity index (χ1n) is 7.38. The van der Waals surface area contributed by atoms with E-state index in [9.17, 15) is 9.90 Å². The zero-order valence-corrected chi connectivity index (χ0v) is 12.5. The van der Waals surface area contributed by atoms with Crippen molar-refractivity contribution in [3.8, 4) is 0 Å². The lowest BCUT2D eigenvalue weighted by atomic mass is 10.0. The molecule has 0 spiro atoms. The van der Waals surface area contributed by atoms with Crippen LogP contribution in [0.25, 0.3) is 0 Å². The third-order valence-electron chi connectivity index (χ3n) is 3.29. The van der Waals surface area contributed by atoms with E-state index in [-0.39, 0.29) is 11.9 Å². The zero-order chi connectivity index (χ0) is 14.0. The summed E-state index contributed by atoms with van der Waals surface area (Å²) in [5, 5.41) is 12.6. The van der Waals surface area contributed by atoms with Crippen LogP contribution in [0.15, 0.2) is 0 Å². The predicted octanol–water partition coefficient (Wildman–Crippen LogP) is 3.26. The van der Waals surface area contributed by atoms with Crippen molar-refractivity contribution in [3.63, 3.8) is 0 Å². The number of hydrogen-bond acceptors (Lipinski definition) is 2. The molecule has 1 amide bonds. The van der Waals surface area contributed by atoms with E-state index in [2.05, 4.69) is 19.2 Å². The highest BCUT2D eigenvalue weighted by Crippen LogP contribution is 2.12. The van der Waals surface area contributed by atoms with Gasteiger partial charge in [0.25, 0.3) is 0 Å². The van der Waals surface area contributed by atoms with Crippen molar-refractivity contribution in [2.45, 2.75) is 84.8 Å². The molecule has 0 aromatic rings. The van der Waals surface area contributed by atoms with Gasteiger partial charge < -0.3 is 10.4 Å². The van der Waals surface area contributed by atoms with Gasteiger partial charge in [-0.05, 0) is 19.3 Å². The van der Waals surface area contributed by atoms with E-state index < -0.39 is 6.10 Å². The first kappa shape index (κ1) is 17.4. The Kier molecular flexibility index (Phi) is 10.0. The molecule has 0 aliphatic rings. The number of amides is 1. The van der Waals surface area contributed by atoms with Crippen LogP contribution in [0.5, 0.6) is 0 Å². The maximum Gasteiger partial charge on any atom is 0.217 e. The molecular weight excluding hydrogens is 226 g/mol. The summed E-state index contributed by atoms with van der Waals surface area (Å²) in [6.07, 6.45) is 7.80. The Morgan fingerprint density at radius 3 is 2.00 bits per heavy atom. The lowest BCUT2D eigenvalue weighted by Gasteiger charge is -2.19. The molecule has 0 aliphatic heterocycles. The molecule has 0 saturated carbocycles. The van der Waals surface area contributed by atoms with Gasteiger partial charge in [0.1, 0.15) is 0 Å². The second-order valence-corrected chi connectivity index (χ2v) is 5.80. The first-order valence-corrected chi connectivity index (χ1v) is 7.38. The van der Waals surface area contributed by atoms with Crippen molar-refractivity contribution in [1.82, 2.24) is 5.32 Å². The van der Waals surface area contributed by atoms with E-state index in [1.54, 1.807) is 0 Å². The van der Waals surface area contributed by atoms with Crippen molar-refractivity contribution >= 4 is 5.91 Å². The van der Waals surface area contributed by atoms with E-state index in [1.165, 1.54) is 39.0 Å². The number of aliphatic hydroxyl groups is 1. The van der Waals surface area contributed by atoms with Gasteiger partial charge in [-0.2, -0.15) is 0 Å². The number of carbonyl (C=O) groups is 1. The largest absolute Gasteiger partial charge is 0.391 e. The molecule has 0 aliphatic carbocycles. The highest BCUT2D eigenvalue weighted by atomic mass is 16.3. The molecule has 2 N–H and O–H groups in total. The van der Waals surface area contributed by atoms with Gasteiger partial charge in [-0.1, -0.05) is 52.4 Å². The molecule has 18 heavy (non-hydrogen) atoms. The highest BCUT2D eigenvalue weighted by molar-refractivity contribution is 5.73. The Morgan fingerprint density at radius 2 is 1.50 bits per heavy atom. The third-order valence-corrected chi connectivity index (χ3v) is 3.29. The lowest BCUT2D eigenvalue weighted by molar-refractivity contribution is -0.120. The molecule has 0 bridgehead atoms. The number of carbonyl (C=O) groups excluding carboxylic acids is 1. The van der Waals surface area contributed by atoms with Gasteiger partial charge in [-0.15, -0.1) is 0 Å². The second-order valence-electron chi connectivity index (χ2n) is 5.80. The summed E-state index contributed by atoms with van der Waals surface area (Å²) in [7, 11) is 0. The quantitative estimate of drug-likeness (QED) is 0.590. The van der Waals surface area contributed by atoms with Gasteiger partial charge >= 0.3 is 0 Å². The fraction of sp³-hybridized carbons (Fsp3) is 0.933. The fourth-order valence-electron chi connectivity index (χ4n) is 2.10. The summed E-state index contributed by atoms with van der Waals surface area (Å²) < 4.78 is 0. The second kappa shape index (κ2) is 10.4. The first-order chi connectivity index (χ1) is 8.43. The van der Waals surface area contributed by atoms with E-state index >= 15 is 0 Å². The Morgan fingerprint density at radius 1 is 1.00 bits per heavy atom. The summed E-state index contributed by atoms with van der Waals surface area (Å²) in [5.41, 5.74) is 0. The molecule has 3 nitrogen and oxygen atoms in total. The topological polar surface area (TPSA) is 49.3 Å². The Bertz CT molecular complexity index is 217. The molecule has 3 heteroatoms. The normalized spacial score (nSPS) is 14.6. The summed E-state index contributed by atoms with van der Waals surface area (Å²) >= 11 is 0. The van der Waals surface area contributed by atoms with Crippen LogP contribution in [0.2, 0.25) is 0 Å². The SMILES string of the molecule is CC(=O)NC(C)C(O)CCCCCCCC(C)C. The van der Waals surface area contributed by atoms with Crippen molar-refractivity contribution in [2.24, 2.45) is 5.92 Å². The van der Waals surface area contributed by atoms with Crippen LogP contribution in [-0.2, 0) is 4.79 Å². The average molecular weight is 257 g/mol. The number of nitrogens with one attached hydrogen (secondary N) is 1. The Labute approximate surface area is 112 Å². The summed E-state index contributed by atoms with van der Waals surface area (Å²) in [5.74, 6) is 0.737. The molecule has 0 heterocycles. The number of aliphatic hydroxyl groups excluding tert-OH is 1. The molecule has 0 saturated heterocycles. The summed E-state index contributed by atoms with van der Waals surface area (Å²) in [6.45, 7) is 7.87. The number of hydrogen-bond donors (Lipinski definition) is 2. The highest BCUT2D eigenvalue weighted by Gasteiger charge is 2.13. The Hall–Kier alpha value is -0.570. The minimum Gasteiger partial charge on any atom is -0.391 e. The van der Waals surface area contributed by atoms with Gasteiger partial charge in [0, 0.05) is 6.92 Å². The maximum absolute atomic E-state index is 10.8. The van der Waals surface area contributed by atoms with E-state index in [0.29, 0.717) is 0 Å². The molecular formula is C15H31NO2. The average Bonchev–Trinajstić information content (AvgIpc) is 2.26. The van der Waals surface area contributed by atoms with Gasteiger partial charge in [0.05, 0.1) is 12.1 Å². The van der Waals surface area contributed by atoms with Gasteiger partial charge in [-0.3, -0.25) is 4.79 Å². The standard InChI is InChI=1S/C15H31NO2/c1-12(2)10-8-6-5-7-9-11-15(18)13(3)16-14(4)17/h12-13,15,18H,5-11H2,1-4H3,(H,16,17). The van der Waals surface area contributed by atoms with E-state index in [0.717, 1.165) is 18.8 Å². The molecule has 2 atom stereocenters. The minimum atomic E-state index is -0.412. The van der Waals surface area contributed by atoms with Crippen LogP contribution >= 0.6 is 0 Å². The van der Waals surface area contributed by atoms with Crippen LogP contribution in [-0.4, -0.2) is 23.2 Å². The monoisotopic (exact) mass is 257 g/mol. The molecule has 0 fully saturated rings. The molecule has 2 unspecified atom stereocenters. The van der Waals surface area contributed by atoms with E-state index in [1.807, 2.05) is 6.92 Å². The van der Waals surface area contributed by atoms with Crippen LogP contribution in [0, 0.1) is 5.92 Å². The molecule has 108 valence electrons. The summed E-state index contributed by atoms with van der Waals surface area (Å²) in [6, 6.07) is -0.136. The lowest BCUT2D eigenvalue weighted by Crippen LogP contribution is -2.39. The smallest absolute Gasteiger partial charge is 0.217 e. The molecule has 0 aromatic carbocycles. The van der Waals surface area contributed by atoms with Crippen LogP contribution < -0.4 is 5.32 Å².